The molecule has 0 fully saturated rings. The Morgan fingerprint density at radius 3 is 2.39 bits per heavy atom. The first-order chi connectivity index (χ1) is 8.74. The third kappa shape index (κ3) is 2.79. The van der Waals surface area contributed by atoms with Crippen molar-refractivity contribution in [2.45, 2.75) is 0 Å². The summed E-state index contributed by atoms with van der Waals surface area (Å²) < 4.78 is 2.02. The minimum Gasteiger partial charge on any atom is -0.299 e. The van der Waals surface area contributed by atoms with Crippen molar-refractivity contribution in [2.24, 2.45) is 0 Å². The van der Waals surface area contributed by atoms with Gasteiger partial charge in [-0.15, -0.1) is 0 Å². The number of carbonyl (C=O) groups excluding carboxylic acids is 1. The van der Waals surface area contributed by atoms with E-state index in [1.165, 1.54) is 6.08 Å². The molecular formula is C15H10Br2O. The van der Waals surface area contributed by atoms with Gasteiger partial charge in [-0.1, -0.05) is 42.5 Å². The largest absolute Gasteiger partial charge is 0.299 e. The third-order valence-electron chi connectivity index (χ3n) is 2.56. The van der Waals surface area contributed by atoms with Gasteiger partial charge in [0.15, 0.2) is 0 Å². The van der Waals surface area contributed by atoms with Crippen molar-refractivity contribution in [3.05, 3.63) is 63.0 Å². The second-order valence-corrected chi connectivity index (χ2v) is 5.33. The van der Waals surface area contributed by atoms with E-state index in [1.807, 2.05) is 48.5 Å². The molecule has 2 aromatic rings. The van der Waals surface area contributed by atoms with Crippen LogP contribution in [-0.4, -0.2) is 6.29 Å². The third-order valence-corrected chi connectivity index (χ3v) is 4.60. The van der Waals surface area contributed by atoms with E-state index in [2.05, 4.69) is 31.9 Å². The number of rotatable bonds is 3. The Morgan fingerprint density at radius 2 is 1.61 bits per heavy atom. The van der Waals surface area contributed by atoms with Gasteiger partial charge in [0, 0.05) is 8.95 Å². The molecule has 0 saturated carbocycles. The van der Waals surface area contributed by atoms with Crippen molar-refractivity contribution < 1.29 is 4.79 Å². The van der Waals surface area contributed by atoms with E-state index >= 15 is 0 Å². The van der Waals surface area contributed by atoms with Crippen molar-refractivity contribution in [2.75, 3.05) is 0 Å². The highest BCUT2D eigenvalue weighted by molar-refractivity contribution is 9.13. The number of benzene rings is 2. The molecule has 0 heterocycles. The molecule has 1 nitrogen and oxygen atoms in total. The SMILES string of the molecule is O=C/C=C/c1ccccc1-c1cccc(Br)c1Br. The Bertz CT molecular complexity index is 603. The molecular weight excluding hydrogens is 356 g/mol. The fraction of sp³-hybridized carbons (Fsp3) is 0. The Hall–Kier alpha value is -1.19. The molecule has 90 valence electrons. The van der Waals surface area contributed by atoms with E-state index in [4.69, 9.17) is 0 Å². The van der Waals surface area contributed by atoms with Crippen molar-refractivity contribution in [3.63, 3.8) is 0 Å². The maximum Gasteiger partial charge on any atom is 0.142 e. The second kappa shape index (κ2) is 6.12. The Labute approximate surface area is 123 Å². The average Bonchev–Trinajstić information content (AvgIpc) is 2.40. The van der Waals surface area contributed by atoms with Crippen LogP contribution in [-0.2, 0) is 4.79 Å². The Balaban J connectivity index is 2.60. The maximum absolute atomic E-state index is 10.4. The first-order valence-corrected chi connectivity index (χ1v) is 6.98. The molecule has 0 saturated heterocycles. The lowest BCUT2D eigenvalue weighted by Gasteiger charge is -2.09. The highest BCUT2D eigenvalue weighted by Crippen LogP contribution is 2.35. The van der Waals surface area contributed by atoms with Crippen molar-refractivity contribution >= 4 is 44.2 Å². The van der Waals surface area contributed by atoms with Crippen LogP contribution in [0.2, 0.25) is 0 Å². The summed E-state index contributed by atoms with van der Waals surface area (Å²) in [4.78, 5) is 10.4. The number of carbonyl (C=O) groups is 1. The van der Waals surface area contributed by atoms with Gasteiger partial charge < -0.3 is 0 Å². The molecule has 0 aliphatic carbocycles. The average molecular weight is 366 g/mol. The minimum absolute atomic E-state index is 0.784. The van der Waals surface area contributed by atoms with Crippen LogP contribution in [0.4, 0.5) is 0 Å². The van der Waals surface area contributed by atoms with Crippen LogP contribution in [0.1, 0.15) is 5.56 Å². The van der Waals surface area contributed by atoms with Gasteiger partial charge in [0.25, 0.3) is 0 Å². The zero-order valence-electron chi connectivity index (χ0n) is 9.44. The molecule has 0 N–H and O–H groups in total. The topological polar surface area (TPSA) is 17.1 Å². The number of halogens is 2. The van der Waals surface area contributed by atoms with E-state index in [9.17, 15) is 4.79 Å². The fourth-order valence-corrected chi connectivity index (χ4v) is 2.59. The molecule has 18 heavy (non-hydrogen) atoms. The normalized spacial score (nSPS) is 10.8. The lowest BCUT2D eigenvalue weighted by atomic mass is 9.99. The smallest absolute Gasteiger partial charge is 0.142 e. The summed E-state index contributed by atoms with van der Waals surface area (Å²) >= 11 is 7.08. The van der Waals surface area contributed by atoms with Crippen LogP contribution in [0.15, 0.2) is 57.5 Å². The molecule has 0 spiro atoms. The van der Waals surface area contributed by atoms with Gasteiger partial charge in [0.2, 0.25) is 0 Å². The van der Waals surface area contributed by atoms with E-state index in [1.54, 1.807) is 0 Å². The molecule has 0 aromatic heterocycles. The number of hydrogen-bond donors (Lipinski definition) is 0. The predicted molar refractivity (Wildman–Crippen MR) is 82.4 cm³/mol. The van der Waals surface area contributed by atoms with Crippen molar-refractivity contribution in [1.29, 1.82) is 0 Å². The Morgan fingerprint density at radius 1 is 0.889 bits per heavy atom. The van der Waals surface area contributed by atoms with Gasteiger partial charge in [0.1, 0.15) is 6.29 Å². The lowest BCUT2D eigenvalue weighted by Crippen LogP contribution is -1.85. The van der Waals surface area contributed by atoms with Crippen LogP contribution < -0.4 is 0 Å². The summed E-state index contributed by atoms with van der Waals surface area (Å²) in [5.74, 6) is 0. The zero-order chi connectivity index (χ0) is 13.0. The maximum atomic E-state index is 10.4. The van der Waals surface area contributed by atoms with Gasteiger partial charge in [-0.2, -0.15) is 0 Å². The molecule has 0 bridgehead atoms. The van der Waals surface area contributed by atoms with Gasteiger partial charge in [-0.05, 0) is 60.7 Å². The zero-order valence-corrected chi connectivity index (χ0v) is 12.6. The molecule has 0 aliphatic heterocycles. The van der Waals surface area contributed by atoms with E-state index in [0.29, 0.717) is 0 Å². The second-order valence-electron chi connectivity index (χ2n) is 3.68. The summed E-state index contributed by atoms with van der Waals surface area (Å²) in [5.41, 5.74) is 3.20. The van der Waals surface area contributed by atoms with Crippen LogP contribution in [0.3, 0.4) is 0 Å². The molecule has 0 radical (unpaired) electrons. The van der Waals surface area contributed by atoms with Gasteiger partial charge in [-0.3, -0.25) is 4.79 Å². The standard InChI is InChI=1S/C15H10Br2O/c16-14-9-3-8-13(15(14)17)12-7-2-1-5-11(12)6-4-10-18/h1-10H/b6-4+. The first kappa shape index (κ1) is 13.2. The lowest BCUT2D eigenvalue weighted by molar-refractivity contribution is -0.104. The molecule has 0 amide bonds. The molecule has 0 atom stereocenters. The van der Waals surface area contributed by atoms with Crippen LogP contribution >= 0.6 is 31.9 Å². The number of allylic oxidation sites excluding steroid dienone is 1. The summed E-state index contributed by atoms with van der Waals surface area (Å²) in [6, 6.07) is 14.0. The highest BCUT2D eigenvalue weighted by atomic mass is 79.9. The molecule has 2 aromatic carbocycles. The van der Waals surface area contributed by atoms with Crippen LogP contribution in [0, 0.1) is 0 Å². The quantitative estimate of drug-likeness (QED) is 0.546. The van der Waals surface area contributed by atoms with E-state index < -0.39 is 0 Å². The van der Waals surface area contributed by atoms with Gasteiger partial charge >= 0.3 is 0 Å². The van der Waals surface area contributed by atoms with Crippen LogP contribution in [0.25, 0.3) is 17.2 Å². The number of aldehydes is 1. The highest BCUT2D eigenvalue weighted by Gasteiger charge is 2.08. The molecule has 0 unspecified atom stereocenters. The van der Waals surface area contributed by atoms with Gasteiger partial charge in [-0.25, -0.2) is 0 Å². The minimum atomic E-state index is 0.784. The van der Waals surface area contributed by atoms with Crippen molar-refractivity contribution in [3.8, 4) is 11.1 Å². The summed E-state index contributed by atoms with van der Waals surface area (Å²) in [5, 5.41) is 0. The van der Waals surface area contributed by atoms with E-state index in [0.717, 1.165) is 31.9 Å². The fourth-order valence-electron chi connectivity index (χ4n) is 1.74. The molecule has 0 aliphatic rings. The van der Waals surface area contributed by atoms with Crippen molar-refractivity contribution in [1.82, 2.24) is 0 Å². The molecule has 3 heteroatoms. The molecule has 2 rings (SSSR count). The predicted octanol–water partition coefficient (Wildman–Crippen LogP) is 5.09. The van der Waals surface area contributed by atoms with Crippen LogP contribution in [0.5, 0.6) is 0 Å². The first-order valence-electron chi connectivity index (χ1n) is 5.39. The summed E-state index contributed by atoms with van der Waals surface area (Å²) in [7, 11) is 0. The Kier molecular flexibility index (Phi) is 4.50. The monoisotopic (exact) mass is 364 g/mol. The summed E-state index contributed by atoms with van der Waals surface area (Å²) in [6.45, 7) is 0. The summed E-state index contributed by atoms with van der Waals surface area (Å²) in [6.07, 6.45) is 4.10. The van der Waals surface area contributed by atoms with E-state index in [-0.39, 0.29) is 0 Å². The number of hydrogen-bond acceptors (Lipinski definition) is 1. The van der Waals surface area contributed by atoms with Gasteiger partial charge in [0.05, 0.1) is 0 Å².